The predicted octanol–water partition coefficient (Wildman–Crippen LogP) is 7.31. The molecule has 33 heavy (non-hydrogen) atoms. The zero-order valence-corrected chi connectivity index (χ0v) is 18.5. The molecule has 0 atom stereocenters. The molecule has 1 heterocycles. The Morgan fingerprint density at radius 2 is 1.36 bits per heavy atom. The van der Waals surface area contributed by atoms with E-state index < -0.39 is 17.5 Å². The summed E-state index contributed by atoms with van der Waals surface area (Å²) in [7, 11) is 0. The molecule has 0 saturated carbocycles. The van der Waals surface area contributed by atoms with Gasteiger partial charge in [0.15, 0.2) is 17.5 Å². The monoisotopic (exact) mass is 451 g/mol. The van der Waals surface area contributed by atoms with Gasteiger partial charge in [-0.1, -0.05) is 49.7 Å². The molecule has 0 aliphatic rings. The number of aromatic nitrogens is 1. The molecule has 1 aromatic heterocycles. The topological polar surface area (TPSA) is 12.9 Å². The maximum Gasteiger partial charge on any atom is 0.194 e. The van der Waals surface area contributed by atoms with Gasteiger partial charge in [0.25, 0.3) is 0 Å². The number of hydrogen-bond acceptors (Lipinski definition) is 1. The first kappa shape index (κ1) is 23.0. The minimum atomic E-state index is -1.49. The van der Waals surface area contributed by atoms with Gasteiger partial charge in [0, 0.05) is 17.3 Å². The lowest BCUT2D eigenvalue weighted by molar-refractivity contribution is 0.445. The van der Waals surface area contributed by atoms with Crippen LogP contribution in [0.2, 0.25) is 0 Å². The van der Waals surface area contributed by atoms with E-state index in [2.05, 4.69) is 24.0 Å². The van der Waals surface area contributed by atoms with Crippen LogP contribution in [-0.4, -0.2) is 4.98 Å². The summed E-state index contributed by atoms with van der Waals surface area (Å²) in [6.45, 7) is 2.15. The first-order valence-electron chi connectivity index (χ1n) is 11.2. The molecule has 0 aliphatic carbocycles. The molecule has 0 spiro atoms. The molecule has 0 unspecified atom stereocenters. The highest BCUT2D eigenvalue weighted by atomic mass is 19.2. The van der Waals surface area contributed by atoms with Gasteiger partial charge >= 0.3 is 0 Å². The minimum Gasteiger partial charge on any atom is -0.261 e. The molecule has 0 fully saturated rings. The van der Waals surface area contributed by atoms with E-state index in [1.165, 1.54) is 5.56 Å². The van der Waals surface area contributed by atoms with Gasteiger partial charge in [-0.25, -0.2) is 17.6 Å². The summed E-state index contributed by atoms with van der Waals surface area (Å²) in [6, 6.07) is 15.3. The highest BCUT2D eigenvalue weighted by Gasteiger charge is 2.13. The zero-order valence-electron chi connectivity index (χ0n) is 18.5. The molecule has 5 heteroatoms. The van der Waals surface area contributed by atoms with Crippen LogP contribution in [0.15, 0.2) is 60.8 Å². The molecule has 4 rings (SSSR count). The predicted molar refractivity (Wildman–Crippen MR) is 123 cm³/mol. The largest absolute Gasteiger partial charge is 0.261 e. The van der Waals surface area contributed by atoms with Crippen molar-refractivity contribution >= 4 is 10.8 Å². The molecular formula is C28H25F4N. The van der Waals surface area contributed by atoms with Crippen molar-refractivity contribution in [1.29, 1.82) is 0 Å². The smallest absolute Gasteiger partial charge is 0.194 e. The maximum absolute atomic E-state index is 15.1. The van der Waals surface area contributed by atoms with Crippen LogP contribution in [0.5, 0.6) is 0 Å². The number of benzene rings is 3. The fraction of sp³-hybridized carbons (Fsp3) is 0.250. The van der Waals surface area contributed by atoms with Crippen LogP contribution in [0.1, 0.15) is 41.3 Å². The van der Waals surface area contributed by atoms with Crippen molar-refractivity contribution in [1.82, 2.24) is 4.98 Å². The Morgan fingerprint density at radius 1 is 0.636 bits per heavy atom. The average molecular weight is 452 g/mol. The molecule has 0 saturated heterocycles. The Bertz CT molecular complexity index is 1240. The van der Waals surface area contributed by atoms with Crippen LogP contribution in [0.25, 0.3) is 10.8 Å². The van der Waals surface area contributed by atoms with E-state index in [4.69, 9.17) is 0 Å². The van der Waals surface area contributed by atoms with Crippen molar-refractivity contribution in [3.05, 3.63) is 112 Å². The quantitative estimate of drug-likeness (QED) is 0.202. The Morgan fingerprint density at radius 3 is 2.06 bits per heavy atom. The van der Waals surface area contributed by atoms with E-state index in [-0.39, 0.29) is 24.2 Å². The molecule has 4 aromatic rings. The lowest BCUT2D eigenvalue weighted by Gasteiger charge is -2.09. The second kappa shape index (κ2) is 10.2. The third kappa shape index (κ3) is 5.41. The minimum absolute atomic E-state index is 0.207. The summed E-state index contributed by atoms with van der Waals surface area (Å²) in [5.41, 5.74) is 4.12. The van der Waals surface area contributed by atoms with E-state index in [9.17, 15) is 13.2 Å². The Balaban J connectivity index is 1.44. The van der Waals surface area contributed by atoms with Gasteiger partial charge < -0.3 is 0 Å². The van der Waals surface area contributed by atoms with Crippen LogP contribution in [-0.2, 0) is 32.1 Å². The summed E-state index contributed by atoms with van der Waals surface area (Å²) >= 11 is 0. The molecule has 1 nitrogen and oxygen atoms in total. The summed E-state index contributed by atoms with van der Waals surface area (Å²) in [5, 5.41) is 1.31. The fourth-order valence-corrected chi connectivity index (χ4v) is 4.08. The number of rotatable bonds is 8. The third-order valence-electron chi connectivity index (χ3n) is 5.92. The molecule has 0 aliphatic heterocycles. The summed E-state index contributed by atoms with van der Waals surface area (Å²) in [6.07, 6.45) is 6.14. The lowest BCUT2D eigenvalue weighted by Crippen LogP contribution is -2.00. The van der Waals surface area contributed by atoms with Gasteiger partial charge in [0.1, 0.15) is 5.82 Å². The van der Waals surface area contributed by atoms with Gasteiger partial charge in [-0.05, 0) is 77.9 Å². The molecule has 170 valence electrons. The number of halogens is 4. The first-order chi connectivity index (χ1) is 15.9. The van der Waals surface area contributed by atoms with Crippen molar-refractivity contribution < 1.29 is 17.6 Å². The Hall–Kier alpha value is -3.21. The highest BCUT2D eigenvalue weighted by Crippen LogP contribution is 2.25. The number of fused-ring (bicyclic) bond motifs is 1. The fourth-order valence-electron chi connectivity index (χ4n) is 4.08. The van der Waals surface area contributed by atoms with Crippen molar-refractivity contribution in [3.63, 3.8) is 0 Å². The Labute approximate surface area is 191 Å². The second-order valence-electron chi connectivity index (χ2n) is 8.38. The third-order valence-corrected chi connectivity index (χ3v) is 5.92. The van der Waals surface area contributed by atoms with Gasteiger partial charge in [-0.15, -0.1) is 0 Å². The van der Waals surface area contributed by atoms with Crippen LogP contribution in [0.3, 0.4) is 0 Å². The number of nitrogens with zero attached hydrogens (tertiary/aromatic N) is 1. The summed E-state index contributed by atoms with van der Waals surface area (Å²) in [5.74, 6) is -4.29. The molecular weight excluding hydrogens is 426 g/mol. The maximum atomic E-state index is 15.1. The Kier molecular flexibility index (Phi) is 7.07. The van der Waals surface area contributed by atoms with Crippen LogP contribution >= 0.6 is 0 Å². The van der Waals surface area contributed by atoms with Gasteiger partial charge in [-0.3, -0.25) is 4.98 Å². The SMILES string of the molecule is CCCc1ccc(CCc2ccc3c(F)c(CCc4cc(F)c(F)c(F)c4)ccc3c2)nc1. The standard InChI is InChI=1S/C28H25F4N/c1-2-3-19-6-12-23(33-17-19)11-5-18-7-13-24-22(14-18)10-9-21(27(24)31)8-4-20-15-25(29)28(32)26(30)16-20/h6-7,9-10,12-17H,2-5,8,11H2,1H3. The molecule has 0 N–H and O–H groups in total. The summed E-state index contributed by atoms with van der Waals surface area (Å²) < 4.78 is 55.0. The lowest BCUT2D eigenvalue weighted by atomic mass is 9.97. The van der Waals surface area contributed by atoms with Gasteiger partial charge in [0.2, 0.25) is 0 Å². The van der Waals surface area contributed by atoms with E-state index in [1.54, 1.807) is 12.1 Å². The van der Waals surface area contributed by atoms with E-state index >= 15 is 4.39 Å². The number of aryl methyl sites for hydroxylation is 5. The average Bonchev–Trinajstić information content (AvgIpc) is 2.82. The number of hydrogen-bond donors (Lipinski definition) is 0. The van der Waals surface area contributed by atoms with Crippen LogP contribution in [0, 0.1) is 23.3 Å². The molecule has 0 bridgehead atoms. The molecule has 0 amide bonds. The first-order valence-corrected chi connectivity index (χ1v) is 11.2. The highest BCUT2D eigenvalue weighted by molar-refractivity contribution is 5.84. The van der Waals surface area contributed by atoms with Crippen molar-refractivity contribution in [2.24, 2.45) is 0 Å². The second-order valence-corrected chi connectivity index (χ2v) is 8.38. The molecule has 0 radical (unpaired) electrons. The van der Waals surface area contributed by atoms with Crippen LogP contribution < -0.4 is 0 Å². The molecule has 3 aromatic carbocycles. The normalized spacial score (nSPS) is 11.3. The van der Waals surface area contributed by atoms with Crippen molar-refractivity contribution in [2.75, 3.05) is 0 Å². The van der Waals surface area contributed by atoms with E-state index in [0.717, 1.165) is 54.5 Å². The van der Waals surface area contributed by atoms with Gasteiger partial charge in [0.05, 0.1) is 0 Å². The van der Waals surface area contributed by atoms with E-state index in [1.807, 2.05) is 24.4 Å². The summed E-state index contributed by atoms with van der Waals surface area (Å²) in [4.78, 5) is 4.53. The van der Waals surface area contributed by atoms with Crippen molar-refractivity contribution in [3.8, 4) is 0 Å². The van der Waals surface area contributed by atoms with Crippen LogP contribution in [0.4, 0.5) is 17.6 Å². The number of pyridine rings is 1. The zero-order chi connectivity index (χ0) is 23.4. The van der Waals surface area contributed by atoms with Gasteiger partial charge in [-0.2, -0.15) is 0 Å². The van der Waals surface area contributed by atoms with E-state index in [0.29, 0.717) is 10.9 Å². The van der Waals surface area contributed by atoms with Crippen molar-refractivity contribution in [2.45, 2.75) is 45.4 Å².